The number of hydrogen-bond acceptors (Lipinski definition) is 4. The lowest BCUT2D eigenvalue weighted by atomic mass is 10.0. The first-order valence-electron chi connectivity index (χ1n) is 9.33. The van der Waals surface area contributed by atoms with E-state index in [-0.39, 0.29) is 23.8 Å². The van der Waals surface area contributed by atoms with Crippen molar-refractivity contribution in [2.75, 3.05) is 13.2 Å². The summed E-state index contributed by atoms with van der Waals surface area (Å²) in [7, 11) is 0. The van der Waals surface area contributed by atoms with Gasteiger partial charge in [-0.05, 0) is 46.8 Å². The molecule has 4 unspecified atom stereocenters. The zero-order chi connectivity index (χ0) is 20.4. The van der Waals surface area contributed by atoms with Crippen LogP contribution in [0.15, 0.2) is 41.0 Å². The highest BCUT2D eigenvalue weighted by molar-refractivity contribution is 9.10. The molecule has 2 bridgehead atoms. The Kier molecular flexibility index (Phi) is 4.42. The van der Waals surface area contributed by atoms with E-state index in [4.69, 9.17) is 9.47 Å². The standard InChI is InChI=1S/C20H17BrF4N2O2/c21-18-13(2-1-3-14(18)22)19(10-28-19)27-9-11-6-15(27)16(7-11)29-17-5-4-12(8-26-17)20(23,24)25/h1-5,8,11,15-16H,6-7,9-10H2. The highest BCUT2D eigenvalue weighted by Crippen LogP contribution is 2.53. The minimum absolute atomic E-state index is 0.0294. The number of likely N-dealkylation sites (tertiary alicyclic amines) is 1. The van der Waals surface area contributed by atoms with Crippen molar-refractivity contribution in [2.24, 2.45) is 5.92 Å². The first kappa shape index (κ1) is 19.3. The van der Waals surface area contributed by atoms with Crippen molar-refractivity contribution in [2.45, 2.75) is 36.9 Å². The molecule has 3 fully saturated rings. The number of nitrogens with zero attached hydrogens (tertiary/aromatic N) is 2. The largest absolute Gasteiger partial charge is 0.473 e. The number of halogens is 5. The fourth-order valence-electron chi connectivity index (χ4n) is 4.63. The Bertz CT molecular complexity index is 933. The number of rotatable bonds is 4. The van der Waals surface area contributed by atoms with E-state index in [9.17, 15) is 17.6 Å². The number of aromatic nitrogens is 1. The lowest BCUT2D eigenvalue weighted by molar-refractivity contribution is -0.137. The Labute approximate surface area is 172 Å². The van der Waals surface area contributed by atoms with Gasteiger partial charge in [0.15, 0.2) is 5.72 Å². The Hall–Kier alpha value is -1.71. The molecule has 4 nitrogen and oxygen atoms in total. The average Bonchev–Trinajstić information content (AvgIpc) is 3.23. The highest BCUT2D eigenvalue weighted by Gasteiger charge is 2.61. The number of benzene rings is 1. The number of fused-ring (bicyclic) bond motifs is 2. The molecule has 0 N–H and O–H groups in total. The van der Waals surface area contributed by atoms with Crippen LogP contribution in [-0.4, -0.2) is 35.2 Å². The molecular weight excluding hydrogens is 456 g/mol. The molecule has 2 aromatic rings. The van der Waals surface area contributed by atoms with Crippen molar-refractivity contribution < 1.29 is 27.0 Å². The fourth-order valence-corrected chi connectivity index (χ4v) is 5.20. The van der Waals surface area contributed by atoms with Gasteiger partial charge in [-0.25, -0.2) is 9.37 Å². The second-order valence-corrected chi connectivity index (χ2v) is 8.56. The summed E-state index contributed by atoms with van der Waals surface area (Å²) < 4.78 is 64.4. The third kappa shape index (κ3) is 3.23. The van der Waals surface area contributed by atoms with Crippen molar-refractivity contribution in [3.63, 3.8) is 0 Å². The molecule has 1 aromatic carbocycles. The zero-order valence-corrected chi connectivity index (χ0v) is 16.7. The van der Waals surface area contributed by atoms with Gasteiger partial charge in [0, 0.05) is 24.4 Å². The number of alkyl halides is 3. The van der Waals surface area contributed by atoms with Crippen molar-refractivity contribution >= 4 is 15.9 Å². The maximum Gasteiger partial charge on any atom is 0.417 e. The third-order valence-electron chi connectivity index (χ3n) is 6.01. The highest BCUT2D eigenvalue weighted by atomic mass is 79.9. The van der Waals surface area contributed by atoms with E-state index in [0.717, 1.165) is 37.2 Å². The molecular formula is C20H17BrF4N2O2. The van der Waals surface area contributed by atoms with E-state index >= 15 is 0 Å². The molecule has 29 heavy (non-hydrogen) atoms. The minimum Gasteiger partial charge on any atom is -0.473 e. The first-order valence-corrected chi connectivity index (χ1v) is 10.1. The van der Waals surface area contributed by atoms with Crippen LogP contribution in [0.25, 0.3) is 0 Å². The molecule has 3 heterocycles. The second-order valence-electron chi connectivity index (χ2n) is 7.77. The number of hydrogen-bond donors (Lipinski definition) is 0. The van der Waals surface area contributed by atoms with Crippen LogP contribution >= 0.6 is 15.9 Å². The molecule has 2 saturated heterocycles. The molecule has 1 aliphatic carbocycles. The monoisotopic (exact) mass is 472 g/mol. The average molecular weight is 473 g/mol. The summed E-state index contributed by atoms with van der Waals surface area (Å²) in [5.41, 5.74) is -0.743. The molecule has 1 aromatic heterocycles. The molecule has 0 radical (unpaired) electrons. The van der Waals surface area contributed by atoms with Crippen molar-refractivity contribution in [3.05, 3.63) is 57.9 Å². The summed E-state index contributed by atoms with van der Waals surface area (Å²) in [5, 5.41) is 0. The molecule has 0 amide bonds. The van der Waals surface area contributed by atoms with Crippen LogP contribution in [0.5, 0.6) is 5.88 Å². The fraction of sp³-hybridized carbons (Fsp3) is 0.450. The molecule has 2 aliphatic heterocycles. The molecule has 0 spiro atoms. The Balaban J connectivity index is 1.36. The molecule has 4 atom stereocenters. The SMILES string of the molecule is Fc1cccc(C2(N3CC4CC(Oc5ccc(C(F)(F)F)cn5)C3C4)CO2)c1Br. The molecule has 154 valence electrons. The van der Waals surface area contributed by atoms with Gasteiger partial charge in [-0.1, -0.05) is 12.1 Å². The smallest absolute Gasteiger partial charge is 0.417 e. The van der Waals surface area contributed by atoms with Gasteiger partial charge in [0.05, 0.1) is 22.7 Å². The van der Waals surface area contributed by atoms with Crippen LogP contribution in [0.3, 0.4) is 0 Å². The zero-order valence-electron chi connectivity index (χ0n) is 15.1. The van der Waals surface area contributed by atoms with Crippen LogP contribution in [-0.2, 0) is 16.6 Å². The summed E-state index contributed by atoms with van der Waals surface area (Å²) in [5.74, 6) is 0.226. The third-order valence-corrected chi connectivity index (χ3v) is 6.82. The summed E-state index contributed by atoms with van der Waals surface area (Å²) in [6.45, 7) is 1.28. The van der Waals surface area contributed by atoms with E-state index in [1.54, 1.807) is 6.07 Å². The van der Waals surface area contributed by atoms with Crippen molar-refractivity contribution in [1.29, 1.82) is 0 Å². The normalized spacial score (nSPS) is 31.3. The maximum absolute atomic E-state index is 14.1. The van der Waals surface area contributed by atoms with E-state index in [1.807, 2.05) is 6.07 Å². The van der Waals surface area contributed by atoms with Gasteiger partial charge in [-0.2, -0.15) is 13.2 Å². The van der Waals surface area contributed by atoms with Gasteiger partial charge in [-0.3, -0.25) is 4.90 Å². The van der Waals surface area contributed by atoms with Gasteiger partial charge in [-0.15, -0.1) is 0 Å². The minimum atomic E-state index is -4.43. The summed E-state index contributed by atoms with van der Waals surface area (Å²) >= 11 is 3.33. The van der Waals surface area contributed by atoms with Crippen molar-refractivity contribution in [1.82, 2.24) is 9.88 Å². The summed E-state index contributed by atoms with van der Waals surface area (Å²) in [4.78, 5) is 6.03. The van der Waals surface area contributed by atoms with Crippen LogP contribution in [0.1, 0.15) is 24.0 Å². The number of pyridine rings is 1. The molecule has 1 saturated carbocycles. The number of epoxide rings is 1. The quantitative estimate of drug-likeness (QED) is 0.476. The first-order chi connectivity index (χ1) is 13.8. The predicted molar refractivity (Wildman–Crippen MR) is 98.6 cm³/mol. The predicted octanol–water partition coefficient (Wildman–Crippen LogP) is 4.73. The Morgan fingerprint density at radius 3 is 2.62 bits per heavy atom. The molecule has 5 rings (SSSR count). The van der Waals surface area contributed by atoms with E-state index in [0.29, 0.717) is 17.0 Å². The van der Waals surface area contributed by atoms with E-state index in [1.165, 1.54) is 12.1 Å². The topological polar surface area (TPSA) is 37.9 Å². The number of ether oxygens (including phenoxy) is 2. The maximum atomic E-state index is 14.1. The van der Waals surface area contributed by atoms with Crippen molar-refractivity contribution in [3.8, 4) is 5.88 Å². The number of piperidine rings is 1. The Morgan fingerprint density at radius 1 is 1.21 bits per heavy atom. The van der Waals surface area contributed by atoms with Crippen LogP contribution in [0, 0.1) is 11.7 Å². The van der Waals surface area contributed by atoms with Gasteiger partial charge in [0.25, 0.3) is 0 Å². The van der Waals surface area contributed by atoms with Gasteiger partial charge < -0.3 is 9.47 Å². The lowest BCUT2D eigenvalue weighted by Gasteiger charge is -2.37. The lowest BCUT2D eigenvalue weighted by Crippen LogP contribution is -2.50. The van der Waals surface area contributed by atoms with E-state index in [2.05, 4.69) is 25.8 Å². The van der Waals surface area contributed by atoms with Crippen LogP contribution in [0.4, 0.5) is 17.6 Å². The van der Waals surface area contributed by atoms with Crippen LogP contribution < -0.4 is 4.74 Å². The summed E-state index contributed by atoms with van der Waals surface area (Å²) in [6, 6.07) is 7.16. The van der Waals surface area contributed by atoms with Crippen LogP contribution in [0.2, 0.25) is 0 Å². The molecule has 9 heteroatoms. The van der Waals surface area contributed by atoms with E-state index < -0.39 is 17.5 Å². The molecule has 3 aliphatic rings. The second kappa shape index (κ2) is 6.65. The van der Waals surface area contributed by atoms with Gasteiger partial charge in [0.2, 0.25) is 5.88 Å². The summed E-state index contributed by atoms with van der Waals surface area (Å²) in [6.07, 6.45) is -2.13. The Morgan fingerprint density at radius 2 is 2.00 bits per heavy atom. The van der Waals surface area contributed by atoms with Gasteiger partial charge >= 0.3 is 6.18 Å². The van der Waals surface area contributed by atoms with Gasteiger partial charge in [0.1, 0.15) is 11.9 Å².